The molecule has 0 bridgehead atoms. The number of carbonyl (C=O) groups excluding carboxylic acids is 1. The number of hydrogen-bond acceptors (Lipinski definition) is 5. The minimum absolute atomic E-state index is 0.0393. The lowest BCUT2D eigenvalue weighted by Crippen LogP contribution is -2.27. The normalized spacial score (nSPS) is 11.5. The van der Waals surface area contributed by atoms with E-state index in [0.29, 0.717) is 5.56 Å². The number of nitrogens with zero attached hydrogens (tertiary/aromatic N) is 1. The third-order valence-electron chi connectivity index (χ3n) is 2.29. The van der Waals surface area contributed by atoms with E-state index < -0.39 is 29.1 Å². The molecular weight excluding hydrogens is 224 g/mol. The Hall–Kier alpha value is -2.42. The second-order valence-corrected chi connectivity index (χ2v) is 3.48. The van der Waals surface area contributed by atoms with E-state index in [0.717, 1.165) is 0 Å². The highest BCUT2D eigenvalue weighted by molar-refractivity contribution is 5.81. The number of phenolic OH excluding ortho intramolecular Hbond substituents is 3. The molecule has 1 unspecified atom stereocenters. The number of amides is 1. The van der Waals surface area contributed by atoms with Crippen LogP contribution in [0.5, 0.6) is 17.2 Å². The summed E-state index contributed by atoms with van der Waals surface area (Å²) < 4.78 is 0. The van der Waals surface area contributed by atoms with E-state index in [1.165, 1.54) is 19.2 Å². The average Bonchev–Trinajstić information content (AvgIpc) is 2.31. The molecule has 4 N–H and O–H groups in total. The molecule has 6 heteroatoms. The molecule has 6 nitrogen and oxygen atoms in total. The van der Waals surface area contributed by atoms with Crippen LogP contribution in [0.15, 0.2) is 12.1 Å². The van der Waals surface area contributed by atoms with E-state index in [-0.39, 0.29) is 6.42 Å². The summed E-state index contributed by atoms with van der Waals surface area (Å²) in [5, 5.41) is 38.8. The summed E-state index contributed by atoms with van der Waals surface area (Å²) >= 11 is 0. The molecule has 0 aliphatic rings. The van der Waals surface area contributed by atoms with Gasteiger partial charge in [0.2, 0.25) is 5.91 Å². The second kappa shape index (κ2) is 5.07. The van der Waals surface area contributed by atoms with Gasteiger partial charge in [-0.1, -0.05) is 0 Å². The van der Waals surface area contributed by atoms with Crippen molar-refractivity contribution in [2.75, 3.05) is 7.05 Å². The summed E-state index contributed by atoms with van der Waals surface area (Å²) in [4.78, 5) is 11.3. The maximum atomic E-state index is 11.3. The maximum Gasteiger partial charge on any atom is 0.237 e. The molecule has 1 aromatic rings. The minimum Gasteiger partial charge on any atom is -0.504 e. The Balaban J connectivity index is 2.96. The zero-order chi connectivity index (χ0) is 13.0. The first-order valence-corrected chi connectivity index (χ1v) is 4.84. The van der Waals surface area contributed by atoms with Gasteiger partial charge >= 0.3 is 0 Å². The lowest BCUT2D eigenvalue weighted by molar-refractivity contribution is -0.122. The molecule has 0 saturated heterocycles. The van der Waals surface area contributed by atoms with Gasteiger partial charge in [0.25, 0.3) is 0 Å². The molecule has 17 heavy (non-hydrogen) atoms. The molecular formula is C11H12N2O4. The number of nitrogens with one attached hydrogen (secondary N) is 1. The predicted molar refractivity (Wildman–Crippen MR) is 58.3 cm³/mol. The van der Waals surface area contributed by atoms with Crippen LogP contribution in [0, 0.1) is 17.2 Å². The van der Waals surface area contributed by atoms with Gasteiger partial charge < -0.3 is 20.6 Å². The number of aromatic hydroxyl groups is 3. The van der Waals surface area contributed by atoms with Crippen molar-refractivity contribution >= 4 is 5.91 Å². The molecule has 1 rings (SSSR count). The summed E-state index contributed by atoms with van der Waals surface area (Å²) in [5.41, 5.74) is 0.382. The highest BCUT2D eigenvalue weighted by atomic mass is 16.3. The Morgan fingerprint density at radius 2 is 1.94 bits per heavy atom. The molecule has 0 aliphatic heterocycles. The number of benzene rings is 1. The van der Waals surface area contributed by atoms with Crippen LogP contribution < -0.4 is 5.32 Å². The summed E-state index contributed by atoms with van der Waals surface area (Å²) in [6.45, 7) is 0. The predicted octanol–water partition coefficient (Wildman–Crippen LogP) is 0.232. The Morgan fingerprint density at radius 1 is 1.41 bits per heavy atom. The van der Waals surface area contributed by atoms with Crippen molar-refractivity contribution < 1.29 is 20.1 Å². The van der Waals surface area contributed by atoms with Gasteiger partial charge in [0.15, 0.2) is 17.2 Å². The molecule has 0 radical (unpaired) electrons. The van der Waals surface area contributed by atoms with Crippen molar-refractivity contribution in [3.05, 3.63) is 17.7 Å². The SMILES string of the molecule is CNC(=O)C(C#N)Cc1cc(O)c(O)c(O)c1. The zero-order valence-electron chi connectivity index (χ0n) is 9.14. The maximum absolute atomic E-state index is 11.3. The number of rotatable bonds is 3. The Kier molecular flexibility index (Phi) is 3.78. The van der Waals surface area contributed by atoms with Gasteiger partial charge in [0, 0.05) is 7.05 Å². The third kappa shape index (κ3) is 2.78. The van der Waals surface area contributed by atoms with E-state index in [4.69, 9.17) is 10.4 Å². The Labute approximate surface area is 97.7 Å². The number of hydrogen-bond donors (Lipinski definition) is 4. The molecule has 0 spiro atoms. The first-order valence-electron chi connectivity index (χ1n) is 4.84. The molecule has 1 amide bonds. The topological polar surface area (TPSA) is 114 Å². The first-order chi connectivity index (χ1) is 7.99. The molecule has 1 aromatic carbocycles. The molecule has 1 atom stereocenters. The van der Waals surface area contributed by atoms with Crippen molar-refractivity contribution in [1.82, 2.24) is 5.32 Å². The third-order valence-corrected chi connectivity index (χ3v) is 2.29. The number of carbonyl (C=O) groups is 1. The smallest absolute Gasteiger partial charge is 0.237 e. The monoisotopic (exact) mass is 236 g/mol. The van der Waals surface area contributed by atoms with Gasteiger partial charge in [-0.2, -0.15) is 5.26 Å². The lowest BCUT2D eigenvalue weighted by atomic mass is 9.99. The van der Waals surface area contributed by atoms with Gasteiger partial charge in [0.1, 0.15) is 5.92 Å². The standard InChI is InChI=1S/C11H12N2O4/c1-13-11(17)7(5-12)2-6-3-8(14)10(16)9(15)4-6/h3-4,7,14-16H,2H2,1H3,(H,13,17). The highest BCUT2D eigenvalue weighted by Crippen LogP contribution is 2.35. The first kappa shape index (κ1) is 12.6. The van der Waals surface area contributed by atoms with Crippen LogP contribution in [0.25, 0.3) is 0 Å². The molecule has 0 heterocycles. The molecule has 0 aliphatic carbocycles. The van der Waals surface area contributed by atoms with Gasteiger partial charge in [0.05, 0.1) is 6.07 Å². The zero-order valence-corrected chi connectivity index (χ0v) is 9.14. The quantitative estimate of drug-likeness (QED) is 0.561. The van der Waals surface area contributed by atoms with Gasteiger partial charge in [-0.3, -0.25) is 4.79 Å². The average molecular weight is 236 g/mol. The molecule has 0 fully saturated rings. The summed E-state index contributed by atoms with van der Waals surface area (Å²) in [6.07, 6.45) is 0.0393. The Morgan fingerprint density at radius 3 is 2.35 bits per heavy atom. The van der Waals surface area contributed by atoms with Crippen LogP contribution in [0.3, 0.4) is 0 Å². The number of nitriles is 1. The van der Waals surface area contributed by atoms with E-state index >= 15 is 0 Å². The second-order valence-electron chi connectivity index (χ2n) is 3.48. The largest absolute Gasteiger partial charge is 0.504 e. The van der Waals surface area contributed by atoms with E-state index in [1.54, 1.807) is 0 Å². The van der Waals surface area contributed by atoms with E-state index in [1.807, 2.05) is 6.07 Å². The van der Waals surface area contributed by atoms with Crippen LogP contribution in [0.2, 0.25) is 0 Å². The summed E-state index contributed by atoms with van der Waals surface area (Å²) in [7, 11) is 1.42. The minimum atomic E-state index is -0.914. The van der Waals surface area contributed by atoms with Gasteiger partial charge in [-0.15, -0.1) is 0 Å². The van der Waals surface area contributed by atoms with Crippen LogP contribution in [-0.2, 0) is 11.2 Å². The van der Waals surface area contributed by atoms with Crippen LogP contribution in [-0.4, -0.2) is 28.3 Å². The summed E-state index contributed by atoms with van der Waals surface area (Å²) in [5.74, 6) is -2.97. The van der Waals surface area contributed by atoms with Crippen molar-refractivity contribution in [2.24, 2.45) is 5.92 Å². The van der Waals surface area contributed by atoms with Gasteiger partial charge in [-0.25, -0.2) is 0 Å². The fraction of sp³-hybridized carbons (Fsp3) is 0.273. The summed E-state index contributed by atoms with van der Waals surface area (Å²) in [6, 6.07) is 4.21. The van der Waals surface area contributed by atoms with Gasteiger partial charge in [-0.05, 0) is 24.1 Å². The van der Waals surface area contributed by atoms with Crippen molar-refractivity contribution in [3.63, 3.8) is 0 Å². The van der Waals surface area contributed by atoms with Crippen molar-refractivity contribution in [3.8, 4) is 23.3 Å². The van der Waals surface area contributed by atoms with Crippen LogP contribution in [0.1, 0.15) is 5.56 Å². The highest BCUT2D eigenvalue weighted by Gasteiger charge is 2.18. The van der Waals surface area contributed by atoms with Crippen LogP contribution in [0.4, 0.5) is 0 Å². The van der Waals surface area contributed by atoms with Crippen molar-refractivity contribution in [1.29, 1.82) is 5.26 Å². The number of phenols is 3. The van der Waals surface area contributed by atoms with Crippen LogP contribution >= 0.6 is 0 Å². The fourth-order valence-electron chi connectivity index (χ4n) is 1.39. The molecule has 0 saturated carbocycles. The molecule has 90 valence electrons. The fourth-order valence-corrected chi connectivity index (χ4v) is 1.39. The molecule has 0 aromatic heterocycles. The Bertz CT molecular complexity index is 456. The van der Waals surface area contributed by atoms with Crippen molar-refractivity contribution in [2.45, 2.75) is 6.42 Å². The van der Waals surface area contributed by atoms with E-state index in [9.17, 15) is 15.0 Å². The lowest BCUT2D eigenvalue weighted by Gasteiger charge is -2.09. The van der Waals surface area contributed by atoms with E-state index in [2.05, 4.69) is 5.32 Å².